The van der Waals surface area contributed by atoms with E-state index in [9.17, 15) is 5.11 Å². The van der Waals surface area contributed by atoms with Crippen molar-refractivity contribution in [2.24, 2.45) is 0 Å². The van der Waals surface area contributed by atoms with Crippen molar-refractivity contribution in [3.05, 3.63) is 54.7 Å². The van der Waals surface area contributed by atoms with Crippen LogP contribution >= 0.6 is 0 Å². The van der Waals surface area contributed by atoms with E-state index in [4.69, 9.17) is 4.42 Å². The van der Waals surface area contributed by atoms with Gasteiger partial charge in [-0.15, -0.1) is 10.2 Å². The highest BCUT2D eigenvalue weighted by atomic mass is 16.4. The fraction of sp³-hybridized carbons (Fsp3) is 0.333. The molecule has 0 spiro atoms. The van der Waals surface area contributed by atoms with E-state index in [1.54, 1.807) is 18.5 Å². The summed E-state index contributed by atoms with van der Waals surface area (Å²) in [6, 6.07) is 11.4. The smallest absolute Gasteiger partial charge is 0.247 e. The van der Waals surface area contributed by atoms with Gasteiger partial charge in [-0.05, 0) is 24.6 Å². The summed E-state index contributed by atoms with van der Waals surface area (Å²) >= 11 is 0. The fourth-order valence-corrected chi connectivity index (χ4v) is 3.05. The Morgan fingerprint density at radius 3 is 2.69 bits per heavy atom. The number of rotatable bonds is 5. The van der Waals surface area contributed by atoms with Crippen LogP contribution in [0.4, 0.5) is 5.95 Å². The topological polar surface area (TPSA) is 100 Å². The normalized spacial score (nSPS) is 20.8. The molecule has 8 heteroatoms. The monoisotopic (exact) mass is 352 g/mol. The highest BCUT2D eigenvalue weighted by molar-refractivity contribution is 5.51. The molecule has 1 saturated heterocycles. The molecule has 0 saturated carbocycles. The SMILES string of the molecule is OC1CN(Cc2nnc(-c3ccccc3)o2)CCC1Nc1ncccn1. The molecule has 0 radical (unpaired) electrons. The lowest BCUT2D eigenvalue weighted by atomic mass is 10.0. The molecule has 134 valence electrons. The number of piperidine rings is 1. The van der Waals surface area contributed by atoms with Crippen molar-refractivity contribution in [1.82, 2.24) is 25.1 Å². The van der Waals surface area contributed by atoms with Gasteiger partial charge in [0.1, 0.15) is 0 Å². The van der Waals surface area contributed by atoms with E-state index in [-0.39, 0.29) is 6.04 Å². The number of benzene rings is 1. The molecule has 2 atom stereocenters. The molecule has 1 aromatic carbocycles. The minimum Gasteiger partial charge on any atom is -0.419 e. The quantitative estimate of drug-likeness (QED) is 0.714. The Morgan fingerprint density at radius 2 is 1.92 bits per heavy atom. The summed E-state index contributed by atoms with van der Waals surface area (Å²) in [6.07, 6.45) is 3.61. The van der Waals surface area contributed by atoms with Gasteiger partial charge in [-0.1, -0.05) is 18.2 Å². The van der Waals surface area contributed by atoms with Crippen LogP contribution in [0.5, 0.6) is 0 Å². The Balaban J connectivity index is 1.34. The number of nitrogens with zero attached hydrogens (tertiary/aromatic N) is 5. The number of anilines is 1. The maximum Gasteiger partial charge on any atom is 0.247 e. The molecular formula is C18H20N6O2. The minimum absolute atomic E-state index is 0.0729. The van der Waals surface area contributed by atoms with Crippen molar-refractivity contribution in [2.45, 2.75) is 25.1 Å². The third-order valence-electron chi connectivity index (χ3n) is 4.39. The highest BCUT2D eigenvalue weighted by Crippen LogP contribution is 2.20. The summed E-state index contributed by atoms with van der Waals surface area (Å²) < 4.78 is 5.75. The van der Waals surface area contributed by atoms with Crippen molar-refractivity contribution in [3.63, 3.8) is 0 Å². The van der Waals surface area contributed by atoms with Crippen molar-refractivity contribution in [2.75, 3.05) is 18.4 Å². The van der Waals surface area contributed by atoms with Crippen molar-refractivity contribution in [3.8, 4) is 11.5 Å². The maximum absolute atomic E-state index is 10.4. The van der Waals surface area contributed by atoms with Crippen LogP contribution in [0, 0.1) is 0 Å². The molecule has 2 unspecified atom stereocenters. The van der Waals surface area contributed by atoms with E-state index >= 15 is 0 Å². The summed E-state index contributed by atoms with van der Waals surface area (Å²) in [5.41, 5.74) is 0.900. The molecule has 1 aliphatic rings. The van der Waals surface area contributed by atoms with Crippen LogP contribution in [0.2, 0.25) is 0 Å². The van der Waals surface area contributed by atoms with Gasteiger partial charge in [0, 0.05) is 31.0 Å². The molecule has 1 aliphatic heterocycles. The van der Waals surface area contributed by atoms with E-state index in [0.717, 1.165) is 18.5 Å². The molecule has 26 heavy (non-hydrogen) atoms. The number of likely N-dealkylation sites (tertiary alicyclic amines) is 1. The van der Waals surface area contributed by atoms with Gasteiger partial charge in [0.2, 0.25) is 17.7 Å². The summed E-state index contributed by atoms with van der Waals surface area (Å²) in [5.74, 6) is 1.60. The largest absolute Gasteiger partial charge is 0.419 e. The molecule has 0 aliphatic carbocycles. The Morgan fingerprint density at radius 1 is 1.12 bits per heavy atom. The van der Waals surface area contributed by atoms with Gasteiger partial charge in [0.25, 0.3) is 0 Å². The van der Waals surface area contributed by atoms with Gasteiger partial charge >= 0.3 is 0 Å². The van der Waals surface area contributed by atoms with Crippen LogP contribution in [0.3, 0.4) is 0 Å². The van der Waals surface area contributed by atoms with E-state index in [0.29, 0.717) is 30.8 Å². The maximum atomic E-state index is 10.4. The van der Waals surface area contributed by atoms with Crippen molar-refractivity contribution < 1.29 is 9.52 Å². The summed E-state index contributed by atoms with van der Waals surface area (Å²) in [7, 11) is 0. The number of hydrogen-bond donors (Lipinski definition) is 2. The molecule has 2 aromatic heterocycles. The second kappa shape index (κ2) is 7.59. The number of aliphatic hydroxyl groups excluding tert-OH is 1. The zero-order valence-electron chi connectivity index (χ0n) is 14.2. The summed E-state index contributed by atoms with van der Waals surface area (Å²) in [6.45, 7) is 1.85. The molecule has 3 aromatic rings. The summed E-state index contributed by atoms with van der Waals surface area (Å²) in [4.78, 5) is 10.4. The van der Waals surface area contributed by atoms with Crippen LogP contribution in [0.1, 0.15) is 12.3 Å². The third-order valence-corrected chi connectivity index (χ3v) is 4.39. The average Bonchev–Trinajstić information content (AvgIpc) is 3.14. The van der Waals surface area contributed by atoms with Crippen molar-refractivity contribution >= 4 is 5.95 Å². The zero-order chi connectivity index (χ0) is 17.8. The molecule has 2 N–H and O–H groups in total. The van der Waals surface area contributed by atoms with Gasteiger partial charge in [0.05, 0.1) is 18.7 Å². The Labute approximate surface area is 150 Å². The standard InChI is InChI=1S/C18H20N6O2/c25-15-11-24(10-7-14(15)21-18-19-8-4-9-20-18)12-16-22-23-17(26-16)13-5-2-1-3-6-13/h1-6,8-9,14-15,25H,7,10-12H2,(H,19,20,21). The Hall–Kier alpha value is -2.84. The molecule has 4 rings (SSSR count). The van der Waals surface area contributed by atoms with E-state index < -0.39 is 6.10 Å². The lowest BCUT2D eigenvalue weighted by Crippen LogP contribution is -2.49. The second-order valence-corrected chi connectivity index (χ2v) is 6.28. The van der Waals surface area contributed by atoms with Gasteiger partial charge in [0.15, 0.2) is 0 Å². The van der Waals surface area contributed by atoms with Crippen LogP contribution < -0.4 is 5.32 Å². The second-order valence-electron chi connectivity index (χ2n) is 6.28. The molecule has 8 nitrogen and oxygen atoms in total. The predicted molar refractivity (Wildman–Crippen MR) is 95.1 cm³/mol. The van der Waals surface area contributed by atoms with Gasteiger partial charge in [-0.3, -0.25) is 4.90 Å². The number of aliphatic hydroxyl groups is 1. The number of β-amino-alcohol motifs (C(OH)–C–C–N with tert-alkyl or cyclic N) is 1. The molecule has 0 amide bonds. The van der Waals surface area contributed by atoms with Crippen LogP contribution in [-0.2, 0) is 6.54 Å². The number of aromatic nitrogens is 4. The first-order chi connectivity index (χ1) is 12.8. The fourth-order valence-electron chi connectivity index (χ4n) is 3.05. The van der Waals surface area contributed by atoms with E-state index in [1.165, 1.54) is 0 Å². The van der Waals surface area contributed by atoms with Crippen LogP contribution in [0.25, 0.3) is 11.5 Å². The van der Waals surface area contributed by atoms with Crippen molar-refractivity contribution in [1.29, 1.82) is 0 Å². The van der Waals surface area contributed by atoms with Gasteiger partial charge in [-0.25, -0.2) is 9.97 Å². The minimum atomic E-state index is -0.524. The van der Waals surface area contributed by atoms with Gasteiger partial charge < -0.3 is 14.8 Å². The number of hydrogen-bond acceptors (Lipinski definition) is 8. The zero-order valence-corrected chi connectivity index (χ0v) is 14.2. The Bertz CT molecular complexity index is 826. The first-order valence-electron chi connectivity index (χ1n) is 8.60. The van der Waals surface area contributed by atoms with Gasteiger partial charge in [-0.2, -0.15) is 0 Å². The average molecular weight is 352 g/mol. The first kappa shape index (κ1) is 16.6. The summed E-state index contributed by atoms with van der Waals surface area (Å²) in [5, 5.41) is 21.9. The number of nitrogens with one attached hydrogen (secondary N) is 1. The first-order valence-corrected chi connectivity index (χ1v) is 8.60. The lowest BCUT2D eigenvalue weighted by molar-refractivity contribution is 0.0520. The molecule has 1 fully saturated rings. The van der Waals surface area contributed by atoms with E-state index in [1.807, 2.05) is 30.3 Å². The molecule has 0 bridgehead atoms. The Kier molecular flexibility index (Phi) is 4.85. The third kappa shape index (κ3) is 3.87. The lowest BCUT2D eigenvalue weighted by Gasteiger charge is -2.35. The van der Waals surface area contributed by atoms with Crippen LogP contribution in [0.15, 0.2) is 53.2 Å². The van der Waals surface area contributed by atoms with E-state index in [2.05, 4.69) is 30.4 Å². The highest BCUT2D eigenvalue weighted by Gasteiger charge is 2.29. The predicted octanol–water partition coefficient (Wildman–Crippen LogP) is 1.57. The molecule has 3 heterocycles. The molecular weight excluding hydrogens is 332 g/mol. The van der Waals surface area contributed by atoms with Crippen LogP contribution in [-0.4, -0.2) is 55.4 Å².